The first-order valence-electron chi connectivity index (χ1n) is 7.46. The number of rotatable bonds is 7. The van der Waals surface area contributed by atoms with Crippen LogP contribution in [0.5, 0.6) is 0 Å². The van der Waals surface area contributed by atoms with Gasteiger partial charge in [0.05, 0.1) is 4.90 Å². The highest BCUT2D eigenvalue weighted by atomic mass is 32.2. The molecule has 0 unspecified atom stereocenters. The van der Waals surface area contributed by atoms with Gasteiger partial charge in [-0.25, -0.2) is 13.1 Å². The minimum Gasteiger partial charge on any atom is -0.423 e. The zero-order chi connectivity index (χ0) is 17.9. The van der Waals surface area contributed by atoms with E-state index in [1.807, 2.05) is 0 Å². The summed E-state index contributed by atoms with van der Waals surface area (Å²) in [4.78, 5) is 0.0780. The first kappa shape index (κ1) is 20.3. The van der Waals surface area contributed by atoms with Crippen LogP contribution in [0.1, 0.15) is 20.8 Å². The fourth-order valence-electron chi connectivity index (χ4n) is 1.60. The number of hydrogen-bond donors (Lipinski definition) is 3. The Balaban J connectivity index is 2.60. The number of hydrogen-bond acceptors (Lipinski definition) is 5. The maximum absolute atomic E-state index is 12.2. The van der Waals surface area contributed by atoms with Gasteiger partial charge >= 0.3 is 7.12 Å². The third-order valence-electron chi connectivity index (χ3n) is 4.15. The fourth-order valence-corrected chi connectivity index (χ4v) is 3.66. The van der Waals surface area contributed by atoms with Gasteiger partial charge in [0, 0.05) is 13.2 Å². The van der Waals surface area contributed by atoms with Crippen molar-refractivity contribution in [1.29, 1.82) is 0 Å². The summed E-state index contributed by atoms with van der Waals surface area (Å²) >= 11 is 0. The average Bonchev–Trinajstić information content (AvgIpc) is 2.42. The lowest BCUT2D eigenvalue weighted by atomic mass is 9.81. The molecule has 0 heterocycles. The molecule has 0 spiro atoms. The van der Waals surface area contributed by atoms with Crippen LogP contribution in [-0.2, 0) is 14.4 Å². The lowest BCUT2D eigenvalue weighted by Gasteiger charge is -2.36. The summed E-state index contributed by atoms with van der Waals surface area (Å²) in [5.74, 6) is 0. The second kappa shape index (κ2) is 7.46. The molecule has 0 fully saturated rings. The predicted molar refractivity (Wildman–Crippen MR) is 94.6 cm³/mol. The summed E-state index contributed by atoms with van der Waals surface area (Å²) < 4.78 is 32.7. The summed E-state index contributed by atoms with van der Waals surface area (Å²) in [6, 6.07) is 5.41. The summed E-state index contributed by atoms with van der Waals surface area (Å²) in [6.07, 6.45) is 0. The maximum atomic E-state index is 12.2. The SMILES string of the molecule is CC(C)(C)[Si](C)(C)OCCNS(=O)(=O)c1ccc(B(O)O)cc1. The van der Waals surface area contributed by atoms with Crippen molar-refractivity contribution in [1.82, 2.24) is 4.72 Å². The van der Waals surface area contributed by atoms with E-state index in [2.05, 4.69) is 38.6 Å². The van der Waals surface area contributed by atoms with Crippen LogP contribution in [0.3, 0.4) is 0 Å². The van der Waals surface area contributed by atoms with Crippen LogP contribution < -0.4 is 10.2 Å². The highest BCUT2D eigenvalue weighted by Crippen LogP contribution is 2.36. The zero-order valence-electron chi connectivity index (χ0n) is 14.3. The predicted octanol–water partition coefficient (Wildman–Crippen LogP) is 0.666. The van der Waals surface area contributed by atoms with E-state index in [1.54, 1.807) is 0 Å². The van der Waals surface area contributed by atoms with Gasteiger partial charge in [0.2, 0.25) is 10.0 Å². The van der Waals surface area contributed by atoms with E-state index in [0.717, 1.165) is 0 Å². The summed E-state index contributed by atoms with van der Waals surface area (Å²) in [5, 5.41) is 18.1. The molecule has 6 nitrogen and oxygen atoms in total. The number of sulfonamides is 1. The van der Waals surface area contributed by atoms with Gasteiger partial charge in [0.15, 0.2) is 8.32 Å². The Bertz CT molecular complexity index is 611. The first-order chi connectivity index (χ1) is 10.4. The highest BCUT2D eigenvalue weighted by Gasteiger charge is 2.36. The zero-order valence-corrected chi connectivity index (χ0v) is 16.1. The Morgan fingerprint density at radius 1 is 1.17 bits per heavy atom. The van der Waals surface area contributed by atoms with Crippen LogP contribution in [-0.4, -0.2) is 47.1 Å². The summed E-state index contributed by atoms with van der Waals surface area (Å²) in [6.45, 7) is 11.1. The van der Waals surface area contributed by atoms with Gasteiger partial charge in [0.1, 0.15) is 0 Å². The molecule has 3 N–H and O–H groups in total. The van der Waals surface area contributed by atoms with Crippen LogP contribution >= 0.6 is 0 Å². The monoisotopic (exact) mass is 359 g/mol. The molecule has 0 saturated carbocycles. The quantitative estimate of drug-likeness (QED) is 0.491. The third-order valence-corrected chi connectivity index (χ3v) is 10.2. The van der Waals surface area contributed by atoms with E-state index < -0.39 is 25.5 Å². The van der Waals surface area contributed by atoms with Gasteiger partial charge in [-0.3, -0.25) is 0 Å². The smallest absolute Gasteiger partial charge is 0.423 e. The molecule has 0 aromatic heterocycles. The topological polar surface area (TPSA) is 95.9 Å². The molecular formula is C14H26BNO5SSi. The third kappa shape index (κ3) is 5.70. The Morgan fingerprint density at radius 2 is 1.70 bits per heavy atom. The van der Waals surface area contributed by atoms with Crippen molar-refractivity contribution >= 4 is 30.9 Å². The first-order valence-corrected chi connectivity index (χ1v) is 11.9. The molecular weight excluding hydrogens is 333 g/mol. The second-order valence-electron chi connectivity index (χ2n) is 6.95. The molecule has 1 rings (SSSR count). The van der Waals surface area contributed by atoms with Crippen LogP contribution in [0.25, 0.3) is 0 Å². The van der Waals surface area contributed by atoms with Crippen LogP contribution in [0.2, 0.25) is 18.1 Å². The second-order valence-corrected chi connectivity index (χ2v) is 13.5. The highest BCUT2D eigenvalue weighted by molar-refractivity contribution is 7.89. The van der Waals surface area contributed by atoms with Crippen molar-refractivity contribution in [2.75, 3.05) is 13.2 Å². The van der Waals surface area contributed by atoms with Crippen molar-refractivity contribution in [3.05, 3.63) is 24.3 Å². The van der Waals surface area contributed by atoms with Gasteiger partial charge in [-0.05, 0) is 35.7 Å². The van der Waals surface area contributed by atoms with Gasteiger partial charge in [-0.2, -0.15) is 0 Å². The molecule has 1 aromatic carbocycles. The van der Waals surface area contributed by atoms with E-state index in [9.17, 15) is 8.42 Å². The average molecular weight is 359 g/mol. The molecule has 23 heavy (non-hydrogen) atoms. The molecule has 9 heteroatoms. The van der Waals surface area contributed by atoms with E-state index >= 15 is 0 Å². The molecule has 0 saturated heterocycles. The van der Waals surface area contributed by atoms with Crippen LogP contribution in [0.4, 0.5) is 0 Å². The van der Waals surface area contributed by atoms with Crippen LogP contribution in [0.15, 0.2) is 29.2 Å². The van der Waals surface area contributed by atoms with Gasteiger partial charge in [0.25, 0.3) is 0 Å². The maximum Gasteiger partial charge on any atom is 0.488 e. The standard InChI is InChI=1S/C14H26BNO5SSi/c1-14(2,3)23(4,5)21-11-10-16-22(19,20)13-8-6-12(7-9-13)15(17)18/h6-9,16-18H,10-11H2,1-5H3. The normalized spacial score (nSPS) is 13.2. The molecule has 0 radical (unpaired) electrons. The van der Waals surface area contributed by atoms with Gasteiger partial charge in [-0.15, -0.1) is 0 Å². The minimum absolute atomic E-state index is 0.0762. The van der Waals surface area contributed by atoms with Crippen molar-refractivity contribution in [2.45, 2.75) is 43.8 Å². The Morgan fingerprint density at radius 3 is 2.13 bits per heavy atom. The lowest BCUT2D eigenvalue weighted by Crippen LogP contribution is -2.42. The van der Waals surface area contributed by atoms with Crippen molar-refractivity contribution < 1.29 is 22.9 Å². The molecule has 0 aliphatic rings. The van der Waals surface area contributed by atoms with E-state index in [1.165, 1.54) is 24.3 Å². The molecule has 0 amide bonds. The van der Waals surface area contributed by atoms with Crippen molar-refractivity contribution in [2.24, 2.45) is 0 Å². The fraction of sp³-hybridized carbons (Fsp3) is 0.571. The van der Waals surface area contributed by atoms with Crippen molar-refractivity contribution in [3.8, 4) is 0 Å². The molecule has 130 valence electrons. The molecule has 0 bridgehead atoms. The molecule has 0 atom stereocenters. The Labute approximate surface area is 140 Å². The van der Waals surface area contributed by atoms with E-state index in [4.69, 9.17) is 14.5 Å². The largest absolute Gasteiger partial charge is 0.488 e. The molecule has 0 aliphatic carbocycles. The van der Waals surface area contributed by atoms with Gasteiger partial charge < -0.3 is 14.5 Å². The number of benzene rings is 1. The number of nitrogens with one attached hydrogen (secondary N) is 1. The van der Waals surface area contributed by atoms with E-state index in [0.29, 0.717) is 6.61 Å². The van der Waals surface area contributed by atoms with Crippen molar-refractivity contribution in [3.63, 3.8) is 0 Å². The van der Waals surface area contributed by atoms with Crippen LogP contribution in [0, 0.1) is 0 Å². The lowest BCUT2D eigenvalue weighted by molar-refractivity contribution is 0.293. The molecule has 1 aromatic rings. The molecule has 0 aliphatic heterocycles. The van der Waals surface area contributed by atoms with E-state index in [-0.39, 0.29) is 21.9 Å². The summed E-state index contributed by atoms with van der Waals surface area (Å²) in [7, 11) is -7.14. The Hall–Kier alpha value is -0.708. The van der Waals surface area contributed by atoms with Gasteiger partial charge in [-0.1, -0.05) is 32.9 Å². The minimum atomic E-state index is -3.63. The summed E-state index contributed by atoms with van der Waals surface area (Å²) in [5.41, 5.74) is 0.241. The Kier molecular flexibility index (Phi) is 6.59.